The first-order valence-electron chi connectivity index (χ1n) is 1.90. The molecule has 0 aromatic carbocycles. The van der Waals surface area contributed by atoms with Crippen LogP contribution in [0.2, 0.25) is 0 Å². The monoisotopic (exact) mass is 216 g/mol. The molecule has 0 aliphatic rings. The van der Waals surface area contributed by atoms with Crippen molar-refractivity contribution in [2.45, 2.75) is 8.91 Å². The van der Waals surface area contributed by atoms with Gasteiger partial charge in [0.25, 0.3) is 0 Å². The van der Waals surface area contributed by atoms with Crippen LogP contribution in [0.3, 0.4) is 0 Å². The maximum atomic E-state index is 6.41. The second-order valence-corrected chi connectivity index (χ2v) is 3.88. The standard InChI is InChI=1S/C4Cl4N2/c1-9-3(5,6)4(7,8)10-2. The van der Waals surface area contributed by atoms with Crippen molar-refractivity contribution < 1.29 is 0 Å². The molecule has 0 atom stereocenters. The highest BCUT2D eigenvalue weighted by atomic mass is 35.5. The molecule has 0 amide bonds. The van der Waals surface area contributed by atoms with Gasteiger partial charge in [0.05, 0.1) is 0 Å². The third kappa shape index (κ3) is 1.81. The smallest absolute Gasteiger partial charge is 0.264 e. The quantitative estimate of drug-likeness (QED) is 0.363. The van der Waals surface area contributed by atoms with Crippen LogP contribution in [-0.4, -0.2) is 8.91 Å². The summed E-state index contributed by atoms with van der Waals surface area (Å²) in [4.78, 5) is 5.33. The predicted molar refractivity (Wildman–Crippen MR) is 42.1 cm³/mol. The summed E-state index contributed by atoms with van der Waals surface area (Å²) in [6.07, 6.45) is 0. The van der Waals surface area contributed by atoms with E-state index in [0.29, 0.717) is 0 Å². The van der Waals surface area contributed by atoms with E-state index in [9.17, 15) is 0 Å². The van der Waals surface area contributed by atoms with Gasteiger partial charge in [-0.05, 0) is 0 Å². The van der Waals surface area contributed by atoms with Crippen molar-refractivity contribution in [3.8, 4) is 0 Å². The van der Waals surface area contributed by atoms with E-state index < -0.39 is 8.91 Å². The van der Waals surface area contributed by atoms with E-state index >= 15 is 0 Å². The lowest BCUT2D eigenvalue weighted by molar-refractivity contribution is 0.898. The number of nitrogens with zero attached hydrogens (tertiary/aromatic N) is 2. The van der Waals surface area contributed by atoms with Gasteiger partial charge >= 0.3 is 8.91 Å². The van der Waals surface area contributed by atoms with Gasteiger partial charge in [-0.15, -0.1) is 0 Å². The molecule has 0 aliphatic carbocycles. The lowest BCUT2D eigenvalue weighted by Crippen LogP contribution is -2.29. The Morgan fingerprint density at radius 2 is 1.00 bits per heavy atom. The summed E-state index contributed by atoms with van der Waals surface area (Å²) in [6.45, 7) is 12.8. The Hall–Kier alpha value is 0.140. The van der Waals surface area contributed by atoms with Gasteiger partial charge in [-0.25, -0.2) is 13.1 Å². The zero-order valence-corrected chi connectivity index (χ0v) is 7.43. The maximum Gasteiger partial charge on any atom is 0.490 e. The highest BCUT2D eigenvalue weighted by molar-refractivity contribution is 6.63. The van der Waals surface area contributed by atoms with Crippen LogP contribution in [0.25, 0.3) is 9.69 Å². The third-order valence-electron chi connectivity index (χ3n) is 0.643. The van der Waals surface area contributed by atoms with E-state index in [2.05, 4.69) is 9.69 Å². The van der Waals surface area contributed by atoms with Crippen molar-refractivity contribution in [3.05, 3.63) is 22.8 Å². The molecule has 6 heteroatoms. The number of hydrogen-bond donors (Lipinski definition) is 0. The second-order valence-electron chi connectivity index (χ2n) is 1.31. The van der Waals surface area contributed by atoms with Crippen LogP contribution in [0.4, 0.5) is 0 Å². The highest BCUT2D eigenvalue weighted by Crippen LogP contribution is 2.44. The summed E-state index contributed by atoms with van der Waals surface area (Å²) >= 11 is 21.0. The molecule has 0 rings (SSSR count). The van der Waals surface area contributed by atoms with Crippen molar-refractivity contribution >= 4 is 46.4 Å². The van der Waals surface area contributed by atoms with Crippen molar-refractivity contribution in [1.82, 2.24) is 0 Å². The number of halogens is 4. The Morgan fingerprint density at radius 3 is 1.10 bits per heavy atom. The van der Waals surface area contributed by atoms with E-state index in [0.717, 1.165) is 0 Å². The molecule has 10 heavy (non-hydrogen) atoms. The van der Waals surface area contributed by atoms with Gasteiger partial charge in [-0.3, -0.25) is 9.69 Å². The molecule has 0 saturated heterocycles. The third-order valence-corrected chi connectivity index (χ3v) is 2.46. The minimum Gasteiger partial charge on any atom is -0.264 e. The summed E-state index contributed by atoms with van der Waals surface area (Å²) < 4.78 is -4.20. The van der Waals surface area contributed by atoms with Gasteiger partial charge in [-0.1, -0.05) is 0 Å². The zero-order chi connectivity index (χ0) is 8.41. The van der Waals surface area contributed by atoms with Crippen molar-refractivity contribution in [2.24, 2.45) is 0 Å². The summed E-state index contributed by atoms with van der Waals surface area (Å²) in [5.74, 6) is 0. The Morgan fingerprint density at radius 1 is 0.800 bits per heavy atom. The molecule has 0 N–H and O–H groups in total. The largest absolute Gasteiger partial charge is 0.490 e. The van der Waals surface area contributed by atoms with E-state index in [-0.39, 0.29) is 0 Å². The van der Waals surface area contributed by atoms with Gasteiger partial charge in [0.2, 0.25) is 0 Å². The van der Waals surface area contributed by atoms with Crippen molar-refractivity contribution in [3.63, 3.8) is 0 Å². The summed E-state index contributed by atoms with van der Waals surface area (Å²) in [6, 6.07) is 0. The fourth-order valence-corrected chi connectivity index (χ4v) is 0.304. The lowest BCUT2D eigenvalue weighted by Gasteiger charge is -2.08. The van der Waals surface area contributed by atoms with Gasteiger partial charge in [-0.2, -0.15) is 0 Å². The molecule has 54 valence electrons. The zero-order valence-electron chi connectivity index (χ0n) is 4.41. The Balaban J connectivity index is 4.71. The second kappa shape index (κ2) is 3.03. The van der Waals surface area contributed by atoms with Crippen LogP contribution < -0.4 is 0 Å². The molecule has 0 heterocycles. The molecule has 0 bridgehead atoms. The van der Waals surface area contributed by atoms with Crippen LogP contribution in [0, 0.1) is 13.1 Å². The van der Waals surface area contributed by atoms with Crippen LogP contribution in [0.15, 0.2) is 0 Å². The minimum absolute atomic E-state index is 2.10. The predicted octanol–water partition coefficient (Wildman–Crippen LogP) is 3.09. The van der Waals surface area contributed by atoms with Gasteiger partial charge in [0, 0.05) is 46.4 Å². The number of hydrogen-bond acceptors (Lipinski definition) is 0. The molecule has 0 aliphatic heterocycles. The minimum atomic E-state index is -2.10. The molecule has 0 aromatic rings. The summed E-state index contributed by atoms with van der Waals surface area (Å²) in [5.41, 5.74) is 0. The number of alkyl halides is 4. The molecule has 0 unspecified atom stereocenters. The maximum absolute atomic E-state index is 6.41. The Labute approximate surface area is 78.3 Å². The molecular weight excluding hydrogens is 218 g/mol. The van der Waals surface area contributed by atoms with Crippen molar-refractivity contribution in [2.75, 3.05) is 0 Å². The van der Waals surface area contributed by atoms with Gasteiger partial charge in [0.15, 0.2) is 0 Å². The molecule has 0 fully saturated rings. The SMILES string of the molecule is [C-]#[N+]C(Cl)(Cl)C(Cl)(Cl)[N+]#[C-]. The lowest BCUT2D eigenvalue weighted by atomic mass is 10.6. The fourth-order valence-electron chi connectivity index (χ4n) is 0.135. The topological polar surface area (TPSA) is 8.72 Å². The first-order valence-corrected chi connectivity index (χ1v) is 3.41. The summed E-state index contributed by atoms with van der Waals surface area (Å²) in [7, 11) is 0. The first-order chi connectivity index (χ1) is 4.37. The first kappa shape index (κ1) is 10.1. The Kier molecular flexibility index (Phi) is 3.07. The van der Waals surface area contributed by atoms with E-state index in [4.69, 9.17) is 59.5 Å². The Bertz CT molecular complexity index is 184. The molecular formula is C4Cl4N2. The number of rotatable bonds is 1. The highest BCUT2D eigenvalue weighted by Gasteiger charge is 2.62. The average molecular weight is 218 g/mol. The molecule has 0 saturated carbocycles. The normalized spacial score (nSPS) is 11.8. The van der Waals surface area contributed by atoms with E-state index in [1.807, 2.05) is 0 Å². The van der Waals surface area contributed by atoms with E-state index in [1.165, 1.54) is 0 Å². The van der Waals surface area contributed by atoms with Crippen molar-refractivity contribution in [1.29, 1.82) is 0 Å². The summed E-state index contributed by atoms with van der Waals surface area (Å²) in [5, 5.41) is 0. The fraction of sp³-hybridized carbons (Fsp3) is 0.500. The van der Waals surface area contributed by atoms with Crippen LogP contribution in [-0.2, 0) is 0 Å². The molecule has 0 radical (unpaired) electrons. The van der Waals surface area contributed by atoms with E-state index in [1.54, 1.807) is 0 Å². The average Bonchev–Trinajstić information content (AvgIpc) is 1.88. The molecule has 2 nitrogen and oxygen atoms in total. The van der Waals surface area contributed by atoms with Crippen LogP contribution in [0.1, 0.15) is 0 Å². The van der Waals surface area contributed by atoms with Gasteiger partial charge < -0.3 is 0 Å². The van der Waals surface area contributed by atoms with Crippen LogP contribution in [0.5, 0.6) is 0 Å². The molecule has 0 aromatic heterocycles. The van der Waals surface area contributed by atoms with Gasteiger partial charge in [0.1, 0.15) is 0 Å². The van der Waals surface area contributed by atoms with Crippen LogP contribution >= 0.6 is 46.4 Å². The molecule has 0 spiro atoms.